The molecule has 1 unspecified atom stereocenters. The molecule has 0 saturated carbocycles. The van der Waals surface area contributed by atoms with Crippen molar-refractivity contribution in [2.45, 2.75) is 13.0 Å². The van der Waals surface area contributed by atoms with Gasteiger partial charge in [0.15, 0.2) is 6.61 Å². The van der Waals surface area contributed by atoms with Crippen LogP contribution < -0.4 is 16.2 Å². The van der Waals surface area contributed by atoms with Gasteiger partial charge in [-0.1, -0.05) is 11.6 Å². The van der Waals surface area contributed by atoms with Crippen LogP contribution in [0.3, 0.4) is 0 Å². The van der Waals surface area contributed by atoms with Gasteiger partial charge in [-0.15, -0.1) is 0 Å². The fourth-order valence-electron chi connectivity index (χ4n) is 1.16. The lowest BCUT2D eigenvalue weighted by Gasteiger charge is -2.13. The van der Waals surface area contributed by atoms with Crippen molar-refractivity contribution in [2.24, 2.45) is 11.5 Å². The minimum atomic E-state index is -0.527. The van der Waals surface area contributed by atoms with E-state index < -0.39 is 5.91 Å². The molecule has 1 rings (SSSR count). The van der Waals surface area contributed by atoms with Crippen molar-refractivity contribution in [3.8, 4) is 5.75 Å². The van der Waals surface area contributed by atoms with Gasteiger partial charge >= 0.3 is 0 Å². The van der Waals surface area contributed by atoms with Gasteiger partial charge in [-0.25, -0.2) is 0 Å². The number of benzene rings is 1. The van der Waals surface area contributed by atoms with Crippen LogP contribution in [0.15, 0.2) is 18.2 Å². The van der Waals surface area contributed by atoms with Gasteiger partial charge in [0, 0.05) is 16.6 Å². The molecule has 82 valence electrons. The van der Waals surface area contributed by atoms with Crippen LogP contribution >= 0.6 is 11.6 Å². The molecule has 1 atom stereocenters. The van der Waals surface area contributed by atoms with Crippen LogP contribution in [0.2, 0.25) is 5.02 Å². The molecule has 0 spiro atoms. The number of carbonyl (C=O) groups excluding carboxylic acids is 1. The topological polar surface area (TPSA) is 78.3 Å². The van der Waals surface area contributed by atoms with E-state index >= 15 is 0 Å². The molecule has 15 heavy (non-hydrogen) atoms. The number of carbonyl (C=O) groups is 1. The molecule has 0 radical (unpaired) electrons. The van der Waals surface area contributed by atoms with Crippen LogP contribution in [-0.2, 0) is 4.79 Å². The highest BCUT2D eigenvalue weighted by Crippen LogP contribution is 2.27. The van der Waals surface area contributed by atoms with E-state index in [4.69, 9.17) is 27.8 Å². The molecule has 5 heteroatoms. The van der Waals surface area contributed by atoms with Gasteiger partial charge in [0.25, 0.3) is 5.91 Å². The molecule has 0 aliphatic rings. The smallest absolute Gasteiger partial charge is 0.255 e. The zero-order chi connectivity index (χ0) is 11.4. The summed E-state index contributed by atoms with van der Waals surface area (Å²) in [6, 6.07) is 4.84. The Bertz CT molecular complexity index is 366. The van der Waals surface area contributed by atoms with Crippen molar-refractivity contribution in [3.05, 3.63) is 28.8 Å². The third-order valence-corrected chi connectivity index (χ3v) is 2.07. The van der Waals surface area contributed by atoms with Gasteiger partial charge in [0.2, 0.25) is 0 Å². The highest BCUT2D eigenvalue weighted by Gasteiger charge is 2.09. The summed E-state index contributed by atoms with van der Waals surface area (Å²) in [4.78, 5) is 10.6. The van der Waals surface area contributed by atoms with Gasteiger partial charge < -0.3 is 16.2 Å². The average molecular weight is 229 g/mol. The molecule has 0 aliphatic carbocycles. The van der Waals surface area contributed by atoms with E-state index in [0.29, 0.717) is 10.8 Å². The summed E-state index contributed by atoms with van der Waals surface area (Å²) >= 11 is 5.82. The predicted octanol–water partition coefficient (Wildman–Crippen LogP) is 1.22. The summed E-state index contributed by atoms with van der Waals surface area (Å²) in [7, 11) is 0. The van der Waals surface area contributed by atoms with Crippen molar-refractivity contribution in [2.75, 3.05) is 6.61 Å². The summed E-state index contributed by atoms with van der Waals surface area (Å²) < 4.78 is 5.20. The van der Waals surface area contributed by atoms with Crippen molar-refractivity contribution in [1.82, 2.24) is 0 Å². The molecule has 0 saturated heterocycles. The van der Waals surface area contributed by atoms with E-state index in [2.05, 4.69) is 0 Å². The third-order valence-electron chi connectivity index (χ3n) is 1.83. The Morgan fingerprint density at radius 1 is 1.60 bits per heavy atom. The summed E-state index contributed by atoms with van der Waals surface area (Å²) in [6.45, 7) is 1.64. The second-order valence-corrected chi connectivity index (χ2v) is 3.66. The van der Waals surface area contributed by atoms with Crippen LogP contribution in [0.25, 0.3) is 0 Å². The molecule has 1 amide bonds. The summed E-state index contributed by atoms with van der Waals surface area (Å²) in [6.07, 6.45) is 0. The second-order valence-electron chi connectivity index (χ2n) is 3.23. The van der Waals surface area contributed by atoms with Crippen LogP contribution in [0.5, 0.6) is 5.75 Å². The fourth-order valence-corrected chi connectivity index (χ4v) is 1.34. The number of nitrogens with two attached hydrogens (primary N) is 2. The quantitative estimate of drug-likeness (QED) is 0.814. The molecule has 1 aromatic rings. The molecule has 0 aromatic heterocycles. The Morgan fingerprint density at radius 2 is 2.27 bits per heavy atom. The number of primary amides is 1. The largest absolute Gasteiger partial charge is 0.483 e. The molecule has 0 heterocycles. The first kappa shape index (κ1) is 11.8. The third kappa shape index (κ3) is 3.42. The van der Waals surface area contributed by atoms with E-state index in [9.17, 15) is 4.79 Å². The summed E-state index contributed by atoms with van der Waals surface area (Å²) in [5, 5.41) is 0.578. The van der Waals surface area contributed by atoms with Crippen LogP contribution in [-0.4, -0.2) is 12.5 Å². The molecule has 4 N–H and O–H groups in total. The molecule has 0 aliphatic heterocycles. The Morgan fingerprint density at radius 3 is 2.80 bits per heavy atom. The number of amides is 1. The van der Waals surface area contributed by atoms with Crippen molar-refractivity contribution < 1.29 is 9.53 Å². The van der Waals surface area contributed by atoms with Crippen LogP contribution in [0.4, 0.5) is 0 Å². The molecular formula is C10H13ClN2O2. The van der Waals surface area contributed by atoms with Crippen LogP contribution in [0, 0.1) is 0 Å². The first-order chi connectivity index (χ1) is 7.00. The Labute approximate surface area is 93.1 Å². The zero-order valence-electron chi connectivity index (χ0n) is 8.37. The van der Waals surface area contributed by atoms with Gasteiger partial charge in [0.1, 0.15) is 5.75 Å². The van der Waals surface area contributed by atoms with E-state index in [1.165, 1.54) is 0 Å². The number of halogens is 1. The first-order valence-electron chi connectivity index (χ1n) is 4.47. The van der Waals surface area contributed by atoms with Crippen LogP contribution in [0.1, 0.15) is 18.5 Å². The zero-order valence-corrected chi connectivity index (χ0v) is 9.12. The predicted molar refractivity (Wildman–Crippen MR) is 58.7 cm³/mol. The maximum absolute atomic E-state index is 10.6. The molecule has 1 aromatic carbocycles. The Hall–Kier alpha value is -1.26. The van der Waals surface area contributed by atoms with Crippen molar-refractivity contribution in [3.63, 3.8) is 0 Å². The number of hydrogen-bond acceptors (Lipinski definition) is 3. The highest BCUT2D eigenvalue weighted by atomic mass is 35.5. The van der Waals surface area contributed by atoms with Crippen molar-refractivity contribution in [1.29, 1.82) is 0 Å². The molecular weight excluding hydrogens is 216 g/mol. The lowest BCUT2D eigenvalue weighted by molar-refractivity contribution is -0.119. The molecule has 4 nitrogen and oxygen atoms in total. The highest BCUT2D eigenvalue weighted by molar-refractivity contribution is 6.30. The normalized spacial score (nSPS) is 12.2. The monoisotopic (exact) mass is 228 g/mol. The fraction of sp³-hybridized carbons (Fsp3) is 0.300. The average Bonchev–Trinajstić information content (AvgIpc) is 2.15. The van der Waals surface area contributed by atoms with E-state index in [-0.39, 0.29) is 12.6 Å². The minimum absolute atomic E-state index is 0.165. The SMILES string of the molecule is CC(N)c1cc(Cl)ccc1OCC(N)=O. The molecule has 0 bridgehead atoms. The van der Waals surface area contributed by atoms with Crippen molar-refractivity contribution >= 4 is 17.5 Å². The Kier molecular flexibility index (Phi) is 3.94. The lowest BCUT2D eigenvalue weighted by atomic mass is 10.1. The molecule has 0 fully saturated rings. The summed E-state index contributed by atoms with van der Waals surface area (Å²) in [5.74, 6) is 0.00812. The second kappa shape index (κ2) is 5.00. The maximum atomic E-state index is 10.6. The number of ether oxygens (including phenoxy) is 1. The van der Waals surface area contributed by atoms with Gasteiger partial charge in [-0.3, -0.25) is 4.79 Å². The van der Waals surface area contributed by atoms with E-state index in [1.54, 1.807) is 18.2 Å². The van der Waals surface area contributed by atoms with Gasteiger partial charge in [-0.2, -0.15) is 0 Å². The van der Waals surface area contributed by atoms with E-state index in [1.807, 2.05) is 6.92 Å². The van der Waals surface area contributed by atoms with E-state index in [0.717, 1.165) is 5.56 Å². The first-order valence-corrected chi connectivity index (χ1v) is 4.84. The number of rotatable bonds is 4. The maximum Gasteiger partial charge on any atom is 0.255 e. The minimum Gasteiger partial charge on any atom is -0.483 e. The van der Waals surface area contributed by atoms with Gasteiger partial charge in [0.05, 0.1) is 0 Å². The summed E-state index contributed by atoms with van der Waals surface area (Å²) in [5.41, 5.74) is 11.5. The standard InChI is InChI=1S/C10H13ClN2O2/c1-6(12)8-4-7(11)2-3-9(8)15-5-10(13)14/h2-4,6H,5,12H2,1H3,(H2,13,14). The lowest BCUT2D eigenvalue weighted by Crippen LogP contribution is -2.21. The number of hydrogen-bond donors (Lipinski definition) is 2. The Balaban J connectivity index is 2.90. The van der Waals surface area contributed by atoms with Gasteiger partial charge in [-0.05, 0) is 25.1 Å².